The van der Waals surface area contributed by atoms with Gasteiger partial charge in [-0.15, -0.1) is 0 Å². The number of rotatable bonds is 8. The third kappa shape index (κ3) is 6.21. The minimum Gasteiger partial charge on any atom is -0.478 e. The maximum atomic E-state index is 12.1. The van der Waals surface area contributed by atoms with Crippen molar-refractivity contribution < 1.29 is 23.1 Å². The van der Waals surface area contributed by atoms with Crippen molar-refractivity contribution >= 4 is 27.4 Å². The Labute approximate surface area is 159 Å². The topological polar surface area (TPSA) is 101 Å². The highest BCUT2D eigenvalue weighted by molar-refractivity contribution is 7.91. The average molecular weight is 389 g/mol. The molecule has 0 saturated carbocycles. The minimum absolute atomic E-state index is 0.0652. The van der Waals surface area contributed by atoms with Crippen molar-refractivity contribution in [2.24, 2.45) is 0 Å². The van der Waals surface area contributed by atoms with Gasteiger partial charge in [0.05, 0.1) is 16.6 Å². The zero-order valence-electron chi connectivity index (χ0n) is 15.3. The summed E-state index contributed by atoms with van der Waals surface area (Å²) in [6.45, 7) is 3.29. The Kier molecular flexibility index (Phi) is 6.74. The van der Waals surface area contributed by atoms with E-state index in [1.807, 2.05) is 0 Å². The van der Waals surface area contributed by atoms with E-state index in [1.54, 1.807) is 50.2 Å². The lowest BCUT2D eigenvalue weighted by Gasteiger charge is -2.10. The zero-order valence-corrected chi connectivity index (χ0v) is 16.1. The number of sulfone groups is 1. The summed E-state index contributed by atoms with van der Waals surface area (Å²) in [6.07, 6.45) is 0.716. The van der Waals surface area contributed by atoms with Crippen LogP contribution in [0.5, 0.6) is 0 Å². The first-order chi connectivity index (χ1) is 12.7. The Hall–Kier alpha value is -2.67. The molecule has 0 aliphatic carbocycles. The molecule has 0 aliphatic rings. The molecule has 0 saturated heterocycles. The molecule has 2 aromatic carbocycles. The molecule has 144 valence electrons. The molecular weight excluding hydrogens is 366 g/mol. The van der Waals surface area contributed by atoms with E-state index >= 15 is 0 Å². The molecule has 2 rings (SSSR count). The van der Waals surface area contributed by atoms with Crippen molar-refractivity contribution in [1.29, 1.82) is 0 Å². The number of carbonyl (C=O) groups is 2. The Morgan fingerprint density at radius 3 is 2.30 bits per heavy atom. The Morgan fingerprint density at radius 1 is 1.04 bits per heavy atom. The van der Waals surface area contributed by atoms with Crippen LogP contribution in [0.1, 0.15) is 41.8 Å². The molecular formula is C20H23NO5S. The summed E-state index contributed by atoms with van der Waals surface area (Å²) < 4.78 is 24.1. The van der Waals surface area contributed by atoms with Crippen LogP contribution in [0.15, 0.2) is 48.5 Å². The van der Waals surface area contributed by atoms with E-state index in [9.17, 15) is 18.0 Å². The molecule has 0 unspecified atom stereocenters. The molecule has 1 amide bonds. The van der Waals surface area contributed by atoms with Crippen molar-refractivity contribution in [3.05, 3.63) is 65.2 Å². The van der Waals surface area contributed by atoms with E-state index in [0.29, 0.717) is 17.7 Å². The monoisotopic (exact) mass is 389 g/mol. The van der Waals surface area contributed by atoms with Crippen LogP contribution in [0.3, 0.4) is 0 Å². The van der Waals surface area contributed by atoms with Crippen molar-refractivity contribution in [2.75, 3.05) is 5.32 Å². The largest absolute Gasteiger partial charge is 0.478 e. The van der Waals surface area contributed by atoms with Crippen LogP contribution in [0.4, 0.5) is 5.69 Å². The average Bonchev–Trinajstić information content (AvgIpc) is 2.60. The maximum Gasteiger partial charge on any atom is 0.335 e. The fourth-order valence-electron chi connectivity index (χ4n) is 2.43. The smallest absolute Gasteiger partial charge is 0.335 e. The SMILES string of the molecule is CC(C)S(=O)(=O)Cc1cccc(NC(=O)CCc2ccc(C(=O)O)cc2)c1. The second-order valence-corrected chi connectivity index (χ2v) is 9.16. The number of anilines is 1. The molecule has 0 bridgehead atoms. The summed E-state index contributed by atoms with van der Waals surface area (Å²) in [6, 6.07) is 13.2. The van der Waals surface area contributed by atoms with Crippen LogP contribution in [0.2, 0.25) is 0 Å². The van der Waals surface area contributed by atoms with E-state index in [0.717, 1.165) is 5.56 Å². The Morgan fingerprint density at radius 2 is 1.70 bits per heavy atom. The summed E-state index contributed by atoms with van der Waals surface area (Å²) in [5.74, 6) is -1.25. The molecule has 0 aliphatic heterocycles. The molecule has 0 spiro atoms. The second-order valence-electron chi connectivity index (χ2n) is 6.61. The summed E-state index contributed by atoms with van der Waals surface area (Å²) in [7, 11) is -3.21. The highest BCUT2D eigenvalue weighted by Crippen LogP contribution is 2.16. The lowest BCUT2D eigenvalue weighted by molar-refractivity contribution is -0.116. The van der Waals surface area contributed by atoms with Crippen molar-refractivity contribution in [2.45, 2.75) is 37.7 Å². The van der Waals surface area contributed by atoms with Crippen molar-refractivity contribution in [3.8, 4) is 0 Å². The standard InChI is InChI=1S/C20H23NO5S/c1-14(2)27(25,26)13-16-4-3-5-18(12-16)21-19(22)11-8-15-6-9-17(10-7-15)20(23)24/h3-7,9-10,12,14H,8,11,13H2,1-2H3,(H,21,22)(H,23,24). The fraction of sp³-hybridized carbons (Fsp3) is 0.300. The van der Waals surface area contributed by atoms with Crippen LogP contribution in [-0.2, 0) is 26.8 Å². The highest BCUT2D eigenvalue weighted by Gasteiger charge is 2.17. The van der Waals surface area contributed by atoms with Gasteiger partial charge in [0, 0.05) is 12.1 Å². The second kappa shape index (κ2) is 8.81. The number of benzene rings is 2. The lowest BCUT2D eigenvalue weighted by atomic mass is 10.1. The van der Waals surface area contributed by atoms with E-state index in [4.69, 9.17) is 5.11 Å². The van der Waals surface area contributed by atoms with Crippen LogP contribution >= 0.6 is 0 Å². The number of hydrogen-bond acceptors (Lipinski definition) is 4. The van der Waals surface area contributed by atoms with Crippen LogP contribution < -0.4 is 5.32 Å². The Balaban J connectivity index is 1.94. The number of carbonyl (C=O) groups excluding carboxylic acids is 1. The minimum atomic E-state index is -3.21. The molecule has 0 fully saturated rings. The van der Waals surface area contributed by atoms with Gasteiger partial charge >= 0.3 is 5.97 Å². The van der Waals surface area contributed by atoms with Gasteiger partial charge in [-0.1, -0.05) is 24.3 Å². The summed E-state index contributed by atoms with van der Waals surface area (Å²) in [5.41, 5.74) is 2.26. The van der Waals surface area contributed by atoms with Crippen LogP contribution in [0.25, 0.3) is 0 Å². The maximum absolute atomic E-state index is 12.1. The summed E-state index contributed by atoms with van der Waals surface area (Å²) in [5, 5.41) is 11.2. The molecule has 0 atom stereocenters. The fourth-order valence-corrected chi connectivity index (χ4v) is 3.41. The Bertz CT molecular complexity index is 918. The van der Waals surface area contributed by atoms with E-state index in [1.165, 1.54) is 12.1 Å². The van der Waals surface area contributed by atoms with Gasteiger partial charge in [-0.25, -0.2) is 13.2 Å². The van der Waals surface area contributed by atoms with Crippen molar-refractivity contribution in [1.82, 2.24) is 0 Å². The summed E-state index contributed by atoms with van der Waals surface area (Å²) >= 11 is 0. The van der Waals surface area contributed by atoms with Gasteiger partial charge in [0.1, 0.15) is 0 Å². The van der Waals surface area contributed by atoms with Gasteiger partial charge in [-0.3, -0.25) is 4.79 Å². The van der Waals surface area contributed by atoms with Gasteiger partial charge in [0.15, 0.2) is 9.84 Å². The number of carboxylic acids is 1. The quantitative estimate of drug-likeness (QED) is 0.722. The molecule has 0 aromatic heterocycles. The number of aromatic carboxylic acids is 1. The number of aryl methyl sites for hydroxylation is 1. The molecule has 7 heteroatoms. The normalized spacial score (nSPS) is 11.4. The van der Waals surface area contributed by atoms with Gasteiger partial charge in [0.25, 0.3) is 0 Å². The molecule has 0 heterocycles. The first-order valence-corrected chi connectivity index (χ1v) is 10.3. The number of nitrogens with one attached hydrogen (secondary N) is 1. The predicted octanol–water partition coefficient (Wildman–Crippen LogP) is 3.28. The van der Waals surface area contributed by atoms with Crippen molar-refractivity contribution in [3.63, 3.8) is 0 Å². The predicted molar refractivity (Wildman–Crippen MR) is 105 cm³/mol. The number of amides is 1. The van der Waals surface area contributed by atoms with Gasteiger partial charge in [0.2, 0.25) is 5.91 Å². The first-order valence-electron chi connectivity index (χ1n) is 8.60. The van der Waals surface area contributed by atoms with Crippen LogP contribution in [-0.4, -0.2) is 30.7 Å². The molecule has 27 heavy (non-hydrogen) atoms. The summed E-state index contributed by atoms with van der Waals surface area (Å²) in [4.78, 5) is 23.0. The zero-order chi connectivity index (χ0) is 20.0. The van der Waals surface area contributed by atoms with E-state index in [2.05, 4.69) is 5.32 Å². The number of carboxylic acid groups (broad SMARTS) is 1. The first kappa shape index (κ1) is 20.6. The van der Waals surface area contributed by atoms with Gasteiger partial charge < -0.3 is 10.4 Å². The van der Waals surface area contributed by atoms with Gasteiger partial charge in [-0.2, -0.15) is 0 Å². The third-order valence-corrected chi connectivity index (χ3v) is 6.31. The number of hydrogen-bond donors (Lipinski definition) is 2. The van der Waals surface area contributed by atoms with E-state index in [-0.39, 0.29) is 23.6 Å². The molecule has 2 aromatic rings. The van der Waals surface area contributed by atoms with Gasteiger partial charge in [-0.05, 0) is 55.7 Å². The molecule has 2 N–H and O–H groups in total. The molecule has 0 radical (unpaired) electrons. The molecule has 6 nitrogen and oxygen atoms in total. The lowest BCUT2D eigenvalue weighted by Crippen LogP contribution is -2.16. The van der Waals surface area contributed by atoms with E-state index < -0.39 is 21.1 Å². The third-order valence-electron chi connectivity index (χ3n) is 4.14. The highest BCUT2D eigenvalue weighted by atomic mass is 32.2. The van der Waals surface area contributed by atoms with Crippen LogP contribution in [0, 0.1) is 0 Å².